The van der Waals surface area contributed by atoms with Crippen molar-refractivity contribution in [3.63, 3.8) is 0 Å². The molecule has 0 aromatic carbocycles. The molecule has 2 aliphatic heterocycles. The van der Waals surface area contributed by atoms with Gasteiger partial charge >= 0.3 is 0 Å². The van der Waals surface area contributed by atoms with E-state index >= 15 is 0 Å². The van der Waals surface area contributed by atoms with E-state index in [9.17, 15) is 13.5 Å². The third kappa shape index (κ3) is 5.11. The summed E-state index contributed by atoms with van der Waals surface area (Å²) in [6, 6.07) is 0. The summed E-state index contributed by atoms with van der Waals surface area (Å²) in [6.45, 7) is 4.61. The van der Waals surface area contributed by atoms with Gasteiger partial charge in [-0.3, -0.25) is 0 Å². The van der Waals surface area contributed by atoms with Crippen LogP contribution in [0.15, 0.2) is 0 Å². The highest BCUT2D eigenvalue weighted by Crippen LogP contribution is 2.27. The molecule has 0 radical (unpaired) electrons. The zero-order valence-corrected chi connectivity index (χ0v) is 15.2. The Bertz CT molecular complexity index is 454. The molecule has 2 saturated heterocycles. The van der Waals surface area contributed by atoms with E-state index < -0.39 is 10.2 Å². The van der Waals surface area contributed by atoms with Crippen molar-refractivity contribution in [1.29, 1.82) is 0 Å². The van der Waals surface area contributed by atoms with Crippen molar-refractivity contribution in [2.45, 2.75) is 19.3 Å². The third-order valence-electron chi connectivity index (χ3n) is 4.81. The average Bonchev–Trinajstić information content (AvgIpc) is 3.07. The van der Waals surface area contributed by atoms with Crippen LogP contribution < -0.4 is 0 Å². The topological polar surface area (TPSA) is 73.3 Å². The molecule has 1 N–H and O–H groups in total. The Labute approximate surface area is 140 Å². The fraction of sp³-hybridized carbons (Fsp3) is 1.00. The van der Waals surface area contributed by atoms with Crippen LogP contribution in [0.3, 0.4) is 0 Å². The molecule has 2 rings (SSSR count). The lowest BCUT2D eigenvalue weighted by molar-refractivity contribution is 0.0986. The van der Waals surface area contributed by atoms with Gasteiger partial charge in [0, 0.05) is 53.0 Å². The zero-order valence-electron chi connectivity index (χ0n) is 14.4. The van der Waals surface area contributed by atoms with Gasteiger partial charge in [0.05, 0.1) is 6.61 Å². The van der Waals surface area contributed by atoms with Crippen LogP contribution in [-0.4, -0.2) is 93.7 Å². The maximum absolute atomic E-state index is 12.8. The molecule has 0 unspecified atom stereocenters. The summed E-state index contributed by atoms with van der Waals surface area (Å²) in [6.07, 6.45) is 2.76. The van der Waals surface area contributed by atoms with Crippen molar-refractivity contribution in [2.24, 2.45) is 11.8 Å². The molecule has 8 heteroatoms. The summed E-state index contributed by atoms with van der Waals surface area (Å²) in [5, 5.41) is 9.56. The van der Waals surface area contributed by atoms with E-state index in [-0.39, 0.29) is 18.4 Å². The lowest BCUT2D eigenvalue weighted by atomic mass is 9.90. The van der Waals surface area contributed by atoms with E-state index in [0.717, 1.165) is 32.4 Å². The highest BCUT2D eigenvalue weighted by atomic mass is 32.2. The molecule has 7 nitrogen and oxygen atoms in total. The molecular weight excluding hydrogens is 318 g/mol. The van der Waals surface area contributed by atoms with Crippen LogP contribution in [0, 0.1) is 11.8 Å². The molecular formula is C15H31N3O4S. The highest BCUT2D eigenvalue weighted by Gasteiger charge is 2.38. The molecule has 0 saturated carbocycles. The summed E-state index contributed by atoms with van der Waals surface area (Å²) >= 11 is 0. The number of piperidine rings is 1. The quantitative estimate of drug-likeness (QED) is 0.659. The Morgan fingerprint density at radius 2 is 1.83 bits per heavy atom. The molecule has 2 atom stereocenters. The number of hydrogen-bond acceptors (Lipinski definition) is 5. The SMILES string of the molecule is COCCN(C)C[C@H]1C[C@@H](CO)CN(S(=O)(=O)N2CCCC2)C1. The number of likely N-dealkylation sites (N-methyl/N-ethyl adjacent to an activating group) is 1. The molecule has 2 aliphatic rings. The summed E-state index contributed by atoms with van der Waals surface area (Å²) in [5.74, 6) is 0.280. The second-order valence-corrected chi connectivity index (χ2v) is 8.76. The maximum Gasteiger partial charge on any atom is 0.281 e. The standard InChI is InChI=1S/C15H31N3O4S/c1-16(7-8-22-2)10-14-9-15(13-19)12-18(11-14)23(20,21)17-5-3-4-6-17/h14-15,19H,3-13H2,1-2H3/t14-,15-/m1/s1. The molecule has 0 aromatic rings. The predicted octanol–water partition coefficient (Wildman–Crippen LogP) is -0.164. The van der Waals surface area contributed by atoms with E-state index in [1.165, 1.54) is 0 Å². The van der Waals surface area contributed by atoms with Crippen molar-refractivity contribution in [2.75, 3.05) is 66.6 Å². The Balaban J connectivity index is 1.99. The number of hydrogen-bond donors (Lipinski definition) is 1. The monoisotopic (exact) mass is 349 g/mol. The molecule has 136 valence electrons. The summed E-state index contributed by atoms with van der Waals surface area (Å²) in [5.41, 5.74) is 0. The molecule has 0 amide bonds. The molecule has 0 aromatic heterocycles. The molecule has 23 heavy (non-hydrogen) atoms. The number of ether oxygens (including phenoxy) is 1. The summed E-state index contributed by atoms with van der Waals surface area (Å²) < 4.78 is 33.9. The van der Waals surface area contributed by atoms with Crippen LogP contribution in [0.5, 0.6) is 0 Å². The smallest absolute Gasteiger partial charge is 0.281 e. The Morgan fingerprint density at radius 1 is 1.17 bits per heavy atom. The van der Waals surface area contributed by atoms with Gasteiger partial charge < -0.3 is 14.7 Å². The number of aliphatic hydroxyl groups is 1. The van der Waals surface area contributed by atoms with E-state index in [1.807, 2.05) is 7.05 Å². The first-order valence-electron chi connectivity index (χ1n) is 8.51. The van der Waals surface area contributed by atoms with E-state index in [2.05, 4.69) is 4.90 Å². The number of aliphatic hydroxyl groups excluding tert-OH is 1. The van der Waals surface area contributed by atoms with E-state index in [4.69, 9.17) is 4.74 Å². The van der Waals surface area contributed by atoms with Crippen LogP contribution in [-0.2, 0) is 14.9 Å². The van der Waals surface area contributed by atoms with Crippen LogP contribution in [0.4, 0.5) is 0 Å². The number of rotatable bonds is 8. The van der Waals surface area contributed by atoms with Crippen molar-refractivity contribution in [1.82, 2.24) is 13.5 Å². The highest BCUT2D eigenvalue weighted by molar-refractivity contribution is 7.86. The van der Waals surface area contributed by atoms with Gasteiger partial charge in [-0.05, 0) is 38.1 Å². The number of methoxy groups -OCH3 is 1. The Morgan fingerprint density at radius 3 is 2.43 bits per heavy atom. The number of nitrogens with zero attached hydrogens (tertiary/aromatic N) is 3. The first kappa shape index (κ1) is 19.1. The van der Waals surface area contributed by atoms with Crippen LogP contribution >= 0.6 is 0 Å². The minimum absolute atomic E-state index is 0.0296. The van der Waals surface area contributed by atoms with Gasteiger partial charge in [0.15, 0.2) is 0 Å². The fourth-order valence-corrected chi connectivity index (χ4v) is 5.43. The van der Waals surface area contributed by atoms with Gasteiger partial charge in [-0.15, -0.1) is 0 Å². The third-order valence-corrected chi connectivity index (χ3v) is 6.78. The van der Waals surface area contributed by atoms with Crippen molar-refractivity contribution in [3.8, 4) is 0 Å². The van der Waals surface area contributed by atoms with Gasteiger partial charge in [0.2, 0.25) is 0 Å². The van der Waals surface area contributed by atoms with Crippen LogP contribution in [0.1, 0.15) is 19.3 Å². The van der Waals surface area contributed by atoms with Gasteiger partial charge in [-0.1, -0.05) is 0 Å². The van der Waals surface area contributed by atoms with Crippen LogP contribution in [0.2, 0.25) is 0 Å². The van der Waals surface area contributed by atoms with Crippen molar-refractivity contribution >= 4 is 10.2 Å². The predicted molar refractivity (Wildman–Crippen MR) is 89.4 cm³/mol. The Hall–Kier alpha value is -0.250. The minimum atomic E-state index is -3.38. The first-order chi connectivity index (χ1) is 11.0. The largest absolute Gasteiger partial charge is 0.396 e. The minimum Gasteiger partial charge on any atom is -0.396 e. The lowest BCUT2D eigenvalue weighted by Gasteiger charge is -2.39. The zero-order chi connectivity index (χ0) is 16.9. The molecule has 2 heterocycles. The van der Waals surface area contributed by atoms with Crippen molar-refractivity contribution < 1.29 is 18.3 Å². The second kappa shape index (κ2) is 8.73. The first-order valence-corrected chi connectivity index (χ1v) is 9.90. The molecule has 2 fully saturated rings. The lowest BCUT2D eigenvalue weighted by Crippen LogP contribution is -2.51. The van der Waals surface area contributed by atoms with Crippen molar-refractivity contribution in [3.05, 3.63) is 0 Å². The normalized spacial score (nSPS) is 27.8. The maximum atomic E-state index is 12.8. The molecule has 0 aliphatic carbocycles. The second-order valence-electron chi connectivity index (χ2n) is 6.84. The van der Waals surface area contributed by atoms with Gasteiger partial charge in [0.1, 0.15) is 0 Å². The van der Waals surface area contributed by atoms with Gasteiger partial charge in [-0.2, -0.15) is 17.0 Å². The summed E-state index contributed by atoms with van der Waals surface area (Å²) in [4.78, 5) is 2.18. The average molecular weight is 349 g/mol. The molecule has 0 bridgehead atoms. The Kier molecular flexibility index (Phi) is 7.24. The van der Waals surface area contributed by atoms with Crippen LogP contribution in [0.25, 0.3) is 0 Å². The molecule has 0 spiro atoms. The van der Waals surface area contributed by atoms with Gasteiger partial charge in [0.25, 0.3) is 10.2 Å². The fourth-order valence-electron chi connectivity index (χ4n) is 3.59. The summed E-state index contributed by atoms with van der Waals surface area (Å²) in [7, 11) is 0.332. The van der Waals surface area contributed by atoms with E-state index in [0.29, 0.717) is 32.8 Å². The van der Waals surface area contributed by atoms with E-state index in [1.54, 1.807) is 15.7 Å². The van der Waals surface area contributed by atoms with Gasteiger partial charge in [-0.25, -0.2) is 0 Å².